The third-order valence-electron chi connectivity index (χ3n) is 7.65. The fourth-order valence-electron chi connectivity index (χ4n) is 6.35. The van der Waals surface area contributed by atoms with Gasteiger partial charge in [-0.1, -0.05) is 42.5 Å². The van der Waals surface area contributed by atoms with Gasteiger partial charge in [-0.25, -0.2) is 0 Å². The lowest BCUT2D eigenvalue weighted by molar-refractivity contribution is -0.152. The smallest absolute Gasteiger partial charge is 0.303 e. The number of piperidine rings is 1. The predicted octanol–water partition coefficient (Wildman–Crippen LogP) is 3.64. The highest BCUT2D eigenvalue weighted by Crippen LogP contribution is 2.62. The Labute approximate surface area is 182 Å². The number of nitrogens with zero attached hydrogens (tertiary/aromatic N) is 1. The first-order chi connectivity index (χ1) is 15.1. The van der Waals surface area contributed by atoms with Crippen LogP contribution < -0.4 is 9.47 Å². The third-order valence-corrected chi connectivity index (χ3v) is 7.65. The quantitative estimate of drug-likeness (QED) is 0.562. The van der Waals surface area contributed by atoms with E-state index < -0.39 is 0 Å². The first-order valence-corrected chi connectivity index (χ1v) is 11.1. The molecule has 1 unspecified atom stereocenters. The molecule has 31 heavy (non-hydrogen) atoms. The van der Waals surface area contributed by atoms with Gasteiger partial charge in [0.15, 0.2) is 17.6 Å². The first-order valence-electron chi connectivity index (χ1n) is 11.1. The van der Waals surface area contributed by atoms with Crippen molar-refractivity contribution >= 4 is 5.97 Å². The maximum atomic E-state index is 11.8. The number of likely N-dealkylation sites (N-methyl/N-ethyl adjacent to an activating group) is 1. The average Bonchev–Trinajstić information content (AvgIpc) is 3.12. The highest BCUT2D eigenvalue weighted by Gasteiger charge is 2.65. The molecule has 1 fully saturated rings. The number of rotatable bonds is 4. The monoisotopic (exact) mass is 417 g/mol. The van der Waals surface area contributed by atoms with E-state index in [-0.39, 0.29) is 23.6 Å². The van der Waals surface area contributed by atoms with Crippen LogP contribution in [0.15, 0.2) is 54.6 Å². The summed E-state index contributed by atoms with van der Waals surface area (Å²) in [4.78, 5) is 14.3. The number of benzene rings is 2. The lowest BCUT2D eigenvalue weighted by Gasteiger charge is -2.56. The second kappa shape index (κ2) is 6.86. The topological polar surface area (TPSA) is 48.0 Å². The largest absolute Gasteiger partial charge is 0.485 e. The molecule has 0 saturated carbocycles. The van der Waals surface area contributed by atoms with Crippen LogP contribution in [-0.4, -0.2) is 42.7 Å². The number of carbonyl (C=O) groups is 1. The van der Waals surface area contributed by atoms with Gasteiger partial charge in [-0.05, 0) is 49.7 Å². The van der Waals surface area contributed by atoms with Gasteiger partial charge >= 0.3 is 5.97 Å². The molecule has 0 aromatic heterocycles. The Morgan fingerprint density at radius 1 is 1.19 bits per heavy atom. The highest BCUT2D eigenvalue weighted by atomic mass is 16.6. The Balaban J connectivity index is 1.44. The lowest BCUT2D eigenvalue weighted by atomic mass is 9.53. The van der Waals surface area contributed by atoms with Crippen LogP contribution in [-0.2, 0) is 28.0 Å². The van der Waals surface area contributed by atoms with Crippen molar-refractivity contribution in [3.05, 3.63) is 71.3 Å². The average molecular weight is 418 g/mol. The molecule has 5 atom stereocenters. The molecule has 2 aliphatic carbocycles. The minimum Gasteiger partial charge on any atom is -0.485 e. The van der Waals surface area contributed by atoms with Crippen molar-refractivity contribution in [2.24, 2.45) is 5.92 Å². The van der Waals surface area contributed by atoms with Crippen molar-refractivity contribution in [1.82, 2.24) is 4.90 Å². The van der Waals surface area contributed by atoms with E-state index in [9.17, 15) is 4.79 Å². The number of hydrogen-bond donors (Lipinski definition) is 0. The molecule has 6 rings (SSSR count). The van der Waals surface area contributed by atoms with Crippen molar-refractivity contribution in [3.8, 4) is 11.5 Å². The Bertz CT molecular complexity index is 1060. The first kappa shape index (κ1) is 18.9. The summed E-state index contributed by atoms with van der Waals surface area (Å²) in [5.74, 6) is 1.71. The molecule has 2 heterocycles. The van der Waals surface area contributed by atoms with E-state index in [1.54, 1.807) is 0 Å². The maximum absolute atomic E-state index is 11.8. The summed E-state index contributed by atoms with van der Waals surface area (Å²) in [6.45, 7) is 2.97. The second-order valence-corrected chi connectivity index (χ2v) is 9.27. The third kappa shape index (κ3) is 2.69. The van der Waals surface area contributed by atoms with Crippen LogP contribution in [0.3, 0.4) is 0 Å². The molecule has 5 nitrogen and oxygen atoms in total. The van der Waals surface area contributed by atoms with Crippen LogP contribution in [0.2, 0.25) is 0 Å². The molecule has 5 heteroatoms. The van der Waals surface area contributed by atoms with Crippen molar-refractivity contribution in [3.63, 3.8) is 0 Å². The standard InChI is InChI=1S/C26H27NO4/c1-16(28)30-22-11-9-19-20-14-18-8-10-21(29-15-17-6-4-3-5-7-17)24-23(18)26(19,25(22)31-24)12-13-27(20)2/h3-11,19-20,22,25H,12-15H2,1-2H3/t19?,20-,22+,25+,26+/m1/s1. The van der Waals surface area contributed by atoms with Gasteiger partial charge in [0.05, 0.1) is 0 Å². The van der Waals surface area contributed by atoms with Gasteiger partial charge < -0.3 is 19.1 Å². The van der Waals surface area contributed by atoms with Crippen LogP contribution in [0.4, 0.5) is 0 Å². The van der Waals surface area contributed by atoms with E-state index in [1.807, 2.05) is 24.3 Å². The van der Waals surface area contributed by atoms with Gasteiger partial charge in [-0.2, -0.15) is 0 Å². The maximum Gasteiger partial charge on any atom is 0.303 e. The molecule has 2 aromatic rings. The van der Waals surface area contributed by atoms with Gasteiger partial charge in [0.1, 0.15) is 12.7 Å². The van der Waals surface area contributed by atoms with Gasteiger partial charge in [-0.15, -0.1) is 0 Å². The number of likely N-dealkylation sites (tertiary alicyclic amines) is 1. The Kier molecular flexibility index (Phi) is 4.19. The van der Waals surface area contributed by atoms with E-state index in [1.165, 1.54) is 18.1 Å². The van der Waals surface area contributed by atoms with Crippen molar-refractivity contribution < 1.29 is 19.0 Å². The van der Waals surface area contributed by atoms with Gasteiger partial charge in [0.25, 0.3) is 0 Å². The predicted molar refractivity (Wildman–Crippen MR) is 116 cm³/mol. The summed E-state index contributed by atoms with van der Waals surface area (Å²) in [6.07, 6.45) is 5.73. The summed E-state index contributed by atoms with van der Waals surface area (Å²) in [5.41, 5.74) is 3.59. The summed E-state index contributed by atoms with van der Waals surface area (Å²) in [5, 5.41) is 0. The van der Waals surface area contributed by atoms with E-state index in [0.717, 1.165) is 36.4 Å². The normalized spacial score (nSPS) is 32.2. The highest BCUT2D eigenvalue weighted by molar-refractivity contribution is 5.67. The van der Waals surface area contributed by atoms with Crippen molar-refractivity contribution in [1.29, 1.82) is 0 Å². The number of carbonyl (C=O) groups excluding carboxylic acids is 1. The minimum atomic E-state index is -0.377. The molecule has 160 valence electrons. The zero-order chi connectivity index (χ0) is 21.2. The second-order valence-electron chi connectivity index (χ2n) is 9.27. The van der Waals surface area contributed by atoms with Crippen molar-refractivity contribution in [2.75, 3.05) is 13.6 Å². The molecule has 2 aromatic carbocycles. The fourth-order valence-corrected chi connectivity index (χ4v) is 6.35. The Morgan fingerprint density at radius 3 is 2.84 bits per heavy atom. The Morgan fingerprint density at radius 2 is 2.03 bits per heavy atom. The van der Waals surface area contributed by atoms with Crippen LogP contribution in [0.5, 0.6) is 11.5 Å². The van der Waals surface area contributed by atoms with E-state index in [4.69, 9.17) is 14.2 Å². The van der Waals surface area contributed by atoms with Gasteiger partial charge in [0, 0.05) is 29.9 Å². The van der Waals surface area contributed by atoms with Crippen LogP contribution >= 0.6 is 0 Å². The molecule has 0 radical (unpaired) electrons. The molecular weight excluding hydrogens is 390 g/mol. The van der Waals surface area contributed by atoms with Gasteiger partial charge in [0.2, 0.25) is 0 Å². The number of ether oxygens (including phenoxy) is 3. The van der Waals surface area contributed by atoms with E-state index >= 15 is 0 Å². The molecule has 2 bridgehead atoms. The number of hydrogen-bond acceptors (Lipinski definition) is 5. The molecular formula is C26H27NO4. The van der Waals surface area contributed by atoms with E-state index in [2.05, 4.69) is 42.3 Å². The minimum absolute atomic E-state index is 0.166. The molecule has 2 aliphatic heterocycles. The lowest BCUT2D eigenvalue weighted by Crippen LogP contribution is -2.65. The SMILES string of the molecule is CC(=O)O[C@H]1C=CC2[C@H]3Cc4ccc(OCc5ccccc5)c5c4[C@@]2(CCN3C)[C@H]1O5. The molecule has 4 aliphatic rings. The zero-order valence-corrected chi connectivity index (χ0v) is 17.9. The van der Waals surface area contributed by atoms with E-state index in [0.29, 0.717) is 18.6 Å². The summed E-state index contributed by atoms with van der Waals surface area (Å²) < 4.78 is 18.7. The van der Waals surface area contributed by atoms with Gasteiger partial charge in [-0.3, -0.25) is 4.79 Å². The summed E-state index contributed by atoms with van der Waals surface area (Å²) in [6, 6.07) is 14.9. The van der Waals surface area contributed by atoms with Crippen LogP contribution in [0.25, 0.3) is 0 Å². The molecule has 0 amide bonds. The van der Waals surface area contributed by atoms with Crippen LogP contribution in [0, 0.1) is 5.92 Å². The Hall–Kier alpha value is -2.79. The summed E-state index contributed by atoms with van der Waals surface area (Å²) in [7, 11) is 2.22. The zero-order valence-electron chi connectivity index (χ0n) is 17.9. The molecule has 0 N–H and O–H groups in total. The fraction of sp³-hybridized carbons (Fsp3) is 0.423. The summed E-state index contributed by atoms with van der Waals surface area (Å²) >= 11 is 0. The van der Waals surface area contributed by atoms with Crippen LogP contribution in [0.1, 0.15) is 30.0 Å². The van der Waals surface area contributed by atoms with Crippen molar-refractivity contribution in [2.45, 2.75) is 50.0 Å². The molecule has 1 spiro atoms. The molecule has 1 saturated heterocycles. The number of esters is 1.